The number of aliphatic hydroxyl groups excluding tert-OH is 2. The van der Waals surface area contributed by atoms with E-state index in [-0.39, 0.29) is 49.7 Å². The smallest absolute Gasteiger partial charge is 0.450 e. The van der Waals surface area contributed by atoms with Crippen LogP contribution >= 0.6 is 0 Å². The predicted molar refractivity (Wildman–Crippen MR) is 152 cm³/mol. The second-order valence-corrected chi connectivity index (χ2v) is 10.4. The van der Waals surface area contributed by atoms with Crippen molar-refractivity contribution in [2.45, 2.75) is 70.5 Å². The Morgan fingerprint density at radius 2 is 1.93 bits per heavy atom. The number of hydrogen-bond donors (Lipinski definition) is 4. The summed E-state index contributed by atoms with van der Waals surface area (Å²) in [6, 6.07) is 9.78. The van der Waals surface area contributed by atoms with Crippen molar-refractivity contribution >= 4 is 12.1 Å². The lowest BCUT2D eigenvalue weighted by atomic mass is 9.83. The Labute approximate surface area is 241 Å². The summed E-state index contributed by atoms with van der Waals surface area (Å²) in [5.74, 6) is -1.11. The van der Waals surface area contributed by atoms with Gasteiger partial charge in [-0.3, -0.25) is 4.79 Å². The number of ether oxygens (including phenoxy) is 1. The summed E-state index contributed by atoms with van der Waals surface area (Å²) in [7, 11) is 0. The molecule has 1 aliphatic rings. The molecule has 2 rings (SSSR count). The number of allylic oxidation sites excluding steroid dienone is 3. The SMILES string of the molecule is CCNC(=O)CCC/C=C/C[C@@H]1[C@@H](/C=C/[C@H](CCc2ccccc2)C(CCO[N+](=O)[O-])COC(=O)O)[C@H](O)C[C@@H]1O. The molecule has 0 aliphatic heterocycles. The molecule has 1 aromatic carbocycles. The molecule has 11 heteroatoms. The largest absolute Gasteiger partial charge is 0.505 e. The van der Waals surface area contributed by atoms with Gasteiger partial charge in [0.25, 0.3) is 5.09 Å². The fourth-order valence-electron chi connectivity index (χ4n) is 5.36. The van der Waals surface area contributed by atoms with Gasteiger partial charge in [-0.15, -0.1) is 10.1 Å². The molecular formula is C30H44N2O9. The van der Waals surface area contributed by atoms with Gasteiger partial charge in [0, 0.05) is 31.2 Å². The van der Waals surface area contributed by atoms with Crippen molar-refractivity contribution in [3.63, 3.8) is 0 Å². The van der Waals surface area contributed by atoms with E-state index in [1.54, 1.807) is 0 Å². The van der Waals surface area contributed by atoms with E-state index >= 15 is 0 Å². The number of hydrogen-bond acceptors (Lipinski definition) is 8. The van der Waals surface area contributed by atoms with Crippen molar-refractivity contribution in [2.24, 2.45) is 23.7 Å². The molecule has 1 aliphatic carbocycles. The van der Waals surface area contributed by atoms with Crippen molar-refractivity contribution in [3.8, 4) is 0 Å². The molecular weight excluding hydrogens is 532 g/mol. The average molecular weight is 577 g/mol. The van der Waals surface area contributed by atoms with Gasteiger partial charge in [0.2, 0.25) is 5.91 Å². The first-order valence-electron chi connectivity index (χ1n) is 14.3. The quantitative estimate of drug-likeness (QED) is 0.0616. The normalized spacial score (nSPS) is 22.0. The first-order chi connectivity index (χ1) is 19.7. The summed E-state index contributed by atoms with van der Waals surface area (Å²) in [4.78, 5) is 37.9. The Morgan fingerprint density at radius 1 is 1.17 bits per heavy atom. The molecule has 0 spiro atoms. The van der Waals surface area contributed by atoms with Gasteiger partial charge in [0.15, 0.2) is 0 Å². The number of nitrogens with one attached hydrogen (secondary N) is 1. The van der Waals surface area contributed by atoms with E-state index in [0.717, 1.165) is 18.4 Å². The maximum Gasteiger partial charge on any atom is 0.505 e. The molecule has 1 saturated carbocycles. The number of carbonyl (C=O) groups is 2. The molecule has 4 N–H and O–H groups in total. The van der Waals surface area contributed by atoms with E-state index in [1.165, 1.54) is 0 Å². The predicted octanol–water partition coefficient (Wildman–Crippen LogP) is 4.31. The number of benzene rings is 1. The zero-order chi connectivity index (χ0) is 30.0. The number of rotatable bonds is 19. The summed E-state index contributed by atoms with van der Waals surface area (Å²) in [5, 5.41) is 43.1. The number of unbranched alkanes of at least 4 members (excludes halogenated alkanes) is 1. The first kappa shape index (κ1) is 33.8. The lowest BCUT2D eigenvalue weighted by Gasteiger charge is -2.26. The van der Waals surface area contributed by atoms with Crippen LogP contribution in [0.25, 0.3) is 0 Å². The third kappa shape index (κ3) is 13.2. The van der Waals surface area contributed by atoms with Crippen LogP contribution < -0.4 is 5.32 Å². The fraction of sp³-hybridized carbons (Fsp3) is 0.600. The van der Waals surface area contributed by atoms with Crippen LogP contribution in [0.3, 0.4) is 0 Å². The molecule has 0 aromatic heterocycles. The van der Waals surface area contributed by atoms with Crippen molar-refractivity contribution in [2.75, 3.05) is 19.8 Å². The lowest BCUT2D eigenvalue weighted by Crippen LogP contribution is -2.25. The summed E-state index contributed by atoms with van der Waals surface area (Å²) in [6.45, 7) is 2.13. The van der Waals surface area contributed by atoms with Crippen LogP contribution in [0.2, 0.25) is 0 Å². The van der Waals surface area contributed by atoms with E-state index in [4.69, 9.17) is 9.84 Å². The second-order valence-electron chi connectivity index (χ2n) is 10.4. The van der Waals surface area contributed by atoms with Gasteiger partial charge >= 0.3 is 6.16 Å². The minimum absolute atomic E-state index is 0.0271. The summed E-state index contributed by atoms with van der Waals surface area (Å²) >= 11 is 0. The minimum Gasteiger partial charge on any atom is -0.450 e. The molecule has 228 valence electrons. The Kier molecular flexibility index (Phi) is 15.5. The maximum absolute atomic E-state index is 11.6. The Morgan fingerprint density at radius 3 is 2.61 bits per heavy atom. The summed E-state index contributed by atoms with van der Waals surface area (Å²) in [6.07, 6.45) is 9.20. The minimum atomic E-state index is -1.43. The number of aliphatic hydroxyl groups is 2. The van der Waals surface area contributed by atoms with E-state index in [2.05, 4.69) is 10.2 Å². The third-order valence-corrected chi connectivity index (χ3v) is 7.54. The molecule has 6 atom stereocenters. The average Bonchev–Trinajstić information content (AvgIpc) is 3.20. The molecule has 1 amide bonds. The molecule has 1 fully saturated rings. The van der Waals surface area contributed by atoms with Crippen LogP contribution in [0, 0.1) is 33.8 Å². The van der Waals surface area contributed by atoms with Crippen LogP contribution in [-0.4, -0.2) is 64.4 Å². The molecule has 11 nitrogen and oxygen atoms in total. The van der Waals surface area contributed by atoms with E-state index in [0.29, 0.717) is 32.2 Å². The standard InChI is InChI=1S/C30H44N2O9/c1-2-31-29(35)13-9-4-3-8-12-25-26(28(34)20-27(25)33)17-16-23(15-14-22-10-6-5-7-11-22)24(21-40-30(36)37)18-19-41-32(38)39/h3,5-8,10-11,16-17,23-28,33-34H,2,4,9,12-15,18-21H2,1H3,(H,31,35)(H,36,37)/b8-3+,17-16+/t23-,24?,25+,26+,27-,28+/m0/s1. The highest BCUT2D eigenvalue weighted by Gasteiger charge is 2.39. The van der Waals surface area contributed by atoms with Gasteiger partial charge in [-0.1, -0.05) is 54.6 Å². The van der Waals surface area contributed by atoms with Crippen LogP contribution in [0.5, 0.6) is 0 Å². The Bertz CT molecular complexity index is 985. The molecule has 1 aromatic rings. The third-order valence-electron chi connectivity index (χ3n) is 7.54. The number of aryl methyl sites for hydroxylation is 1. The Hall–Kier alpha value is -3.44. The first-order valence-corrected chi connectivity index (χ1v) is 14.3. The Balaban J connectivity index is 2.13. The number of amides is 1. The van der Waals surface area contributed by atoms with E-state index in [9.17, 15) is 29.9 Å². The maximum atomic E-state index is 11.6. The van der Waals surface area contributed by atoms with E-state index in [1.807, 2.05) is 61.6 Å². The molecule has 0 bridgehead atoms. The van der Waals surface area contributed by atoms with Crippen molar-refractivity contribution in [1.82, 2.24) is 5.32 Å². The molecule has 0 heterocycles. The van der Waals surface area contributed by atoms with Crippen molar-refractivity contribution < 1.29 is 39.6 Å². The van der Waals surface area contributed by atoms with Gasteiger partial charge in [-0.05, 0) is 62.8 Å². The molecule has 0 radical (unpaired) electrons. The molecule has 41 heavy (non-hydrogen) atoms. The molecule has 0 saturated heterocycles. The highest BCUT2D eigenvalue weighted by atomic mass is 16.9. The van der Waals surface area contributed by atoms with Gasteiger partial charge in [-0.25, -0.2) is 4.79 Å². The highest BCUT2D eigenvalue weighted by Crippen LogP contribution is 2.37. The number of carbonyl (C=O) groups excluding carboxylic acids is 1. The van der Waals surface area contributed by atoms with Crippen LogP contribution in [0.1, 0.15) is 57.4 Å². The van der Waals surface area contributed by atoms with Gasteiger partial charge < -0.3 is 30.2 Å². The number of nitrogens with zero attached hydrogens (tertiary/aromatic N) is 1. The summed E-state index contributed by atoms with van der Waals surface area (Å²) in [5.41, 5.74) is 1.09. The second kappa shape index (κ2) is 18.8. The number of carboxylic acid groups (broad SMARTS) is 1. The zero-order valence-corrected chi connectivity index (χ0v) is 23.7. The van der Waals surface area contributed by atoms with Crippen molar-refractivity contribution in [3.05, 3.63) is 70.3 Å². The van der Waals surface area contributed by atoms with Gasteiger partial charge in [-0.2, -0.15) is 0 Å². The van der Waals surface area contributed by atoms with Crippen LogP contribution in [0.4, 0.5) is 4.79 Å². The topological polar surface area (TPSA) is 168 Å². The molecule has 1 unspecified atom stereocenters. The van der Waals surface area contributed by atoms with Crippen LogP contribution in [0.15, 0.2) is 54.6 Å². The van der Waals surface area contributed by atoms with Crippen molar-refractivity contribution in [1.29, 1.82) is 0 Å². The van der Waals surface area contributed by atoms with E-state index < -0.39 is 29.4 Å². The fourth-order valence-corrected chi connectivity index (χ4v) is 5.36. The summed E-state index contributed by atoms with van der Waals surface area (Å²) < 4.78 is 4.87. The van der Waals surface area contributed by atoms with Gasteiger partial charge in [0.1, 0.15) is 0 Å². The highest BCUT2D eigenvalue weighted by molar-refractivity contribution is 5.75. The lowest BCUT2D eigenvalue weighted by molar-refractivity contribution is -0.758. The monoisotopic (exact) mass is 576 g/mol. The van der Waals surface area contributed by atoms with Gasteiger partial charge in [0.05, 0.1) is 25.4 Å². The van der Waals surface area contributed by atoms with Crippen LogP contribution in [-0.2, 0) is 20.8 Å². The zero-order valence-electron chi connectivity index (χ0n) is 23.7.